The third-order valence-corrected chi connectivity index (χ3v) is 3.53. The number of hydrogen-bond donors (Lipinski definition) is 2. The Hall–Kier alpha value is -3.06. The number of rotatable bonds is 3. The molecule has 24 heavy (non-hydrogen) atoms. The van der Waals surface area contributed by atoms with Gasteiger partial charge in [0.15, 0.2) is 5.69 Å². The lowest BCUT2D eigenvalue weighted by molar-refractivity contribution is 0.0995. The van der Waals surface area contributed by atoms with Crippen LogP contribution in [0.1, 0.15) is 16.1 Å². The van der Waals surface area contributed by atoms with E-state index >= 15 is 0 Å². The van der Waals surface area contributed by atoms with Crippen molar-refractivity contribution in [3.05, 3.63) is 58.5 Å². The normalized spacial score (nSPS) is 11.2. The quantitative estimate of drug-likeness (QED) is 0.713. The van der Waals surface area contributed by atoms with Gasteiger partial charge in [-0.25, -0.2) is 4.39 Å². The van der Waals surface area contributed by atoms with Gasteiger partial charge in [0, 0.05) is 11.6 Å². The highest BCUT2D eigenvalue weighted by atomic mass is 35.5. The van der Waals surface area contributed by atoms with Crippen molar-refractivity contribution in [3.8, 4) is 5.75 Å². The van der Waals surface area contributed by atoms with Crippen LogP contribution in [0.3, 0.4) is 0 Å². The highest BCUT2D eigenvalue weighted by molar-refractivity contribution is 6.31. The molecule has 0 saturated heterocycles. The summed E-state index contributed by atoms with van der Waals surface area (Å²) >= 11 is 5.73. The minimum atomic E-state index is -0.836. The number of halogens is 2. The summed E-state index contributed by atoms with van der Waals surface area (Å²) in [5.74, 6) is -1.40. The Balaban J connectivity index is 2.19. The molecule has 0 aliphatic heterocycles. The van der Waals surface area contributed by atoms with Crippen LogP contribution in [-0.2, 0) is 0 Å². The Bertz CT molecular complexity index is 974. The monoisotopic (exact) mass is 344 g/mol. The highest BCUT2D eigenvalue weighted by Gasteiger charge is 2.16. The van der Waals surface area contributed by atoms with E-state index < -0.39 is 11.7 Å². The van der Waals surface area contributed by atoms with Crippen molar-refractivity contribution < 1.29 is 14.3 Å². The summed E-state index contributed by atoms with van der Waals surface area (Å²) in [6.45, 7) is 0. The van der Waals surface area contributed by atoms with E-state index in [1.54, 1.807) is 12.1 Å². The van der Waals surface area contributed by atoms with E-state index in [4.69, 9.17) is 17.3 Å². The molecule has 3 rings (SSSR count). The van der Waals surface area contributed by atoms with Crippen molar-refractivity contribution in [2.24, 2.45) is 10.7 Å². The van der Waals surface area contributed by atoms with Gasteiger partial charge in [-0.15, -0.1) is 10.2 Å². The Morgan fingerprint density at radius 1 is 1.25 bits per heavy atom. The molecule has 0 unspecified atom stereocenters. The average molecular weight is 345 g/mol. The predicted molar refractivity (Wildman–Crippen MR) is 88.4 cm³/mol. The average Bonchev–Trinajstić information content (AvgIpc) is 2.55. The van der Waals surface area contributed by atoms with Gasteiger partial charge in [0.05, 0.1) is 10.5 Å². The van der Waals surface area contributed by atoms with E-state index in [1.165, 1.54) is 24.4 Å². The van der Waals surface area contributed by atoms with Crippen LogP contribution in [0.25, 0.3) is 10.9 Å². The van der Waals surface area contributed by atoms with Crippen molar-refractivity contribution in [3.63, 3.8) is 0 Å². The number of benzene rings is 2. The van der Waals surface area contributed by atoms with Crippen LogP contribution in [0.2, 0.25) is 5.02 Å². The summed E-state index contributed by atoms with van der Waals surface area (Å²) < 4.78 is 13.8. The van der Waals surface area contributed by atoms with Crippen LogP contribution in [0.15, 0.2) is 41.4 Å². The topological polar surface area (TPSA) is 101 Å². The third kappa shape index (κ3) is 3.02. The van der Waals surface area contributed by atoms with Crippen LogP contribution in [0.4, 0.5) is 10.1 Å². The number of carbonyl (C=O) groups excluding carboxylic acids is 1. The van der Waals surface area contributed by atoms with Crippen LogP contribution in [0, 0.1) is 5.82 Å². The van der Waals surface area contributed by atoms with Gasteiger partial charge in [0.2, 0.25) is 0 Å². The molecule has 0 aliphatic carbocycles. The second kappa shape index (κ2) is 6.21. The number of aromatic hydroxyl groups is 1. The van der Waals surface area contributed by atoms with Crippen molar-refractivity contribution >= 4 is 40.3 Å². The standard InChI is InChI=1S/C16H10ClFN4O2/c17-11-6-13-10(5-12(11)18)14(15(16(19)24)22-21-13)20-7-8-1-3-9(23)4-2-8/h1-7,23H,(H2,19,24). The lowest BCUT2D eigenvalue weighted by Gasteiger charge is -2.06. The van der Waals surface area contributed by atoms with Crippen molar-refractivity contribution in [1.82, 2.24) is 10.2 Å². The van der Waals surface area contributed by atoms with E-state index in [9.17, 15) is 14.3 Å². The summed E-state index contributed by atoms with van der Waals surface area (Å²) in [5, 5.41) is 17.0. The largest absolute Gasteiger partial charge is 0.508 e. The number of aliphatic imine (C=N–C) groups is 1. The van der Waals surface area contributed by atoms with Gasteiger partial charge in [0.25, 0.3) is 5.91 Å². The van der Waals surface area contributed by atoms with Crippen LogP contribution < -0.4 is 5.73 Å². The summed E-state index contributed by atoms with van der Waals surface area (Å²) in [6.07, 6.45) is 1.44. The lowest BCUT2D eigenvalue weighted by atomic mass is 10.1. The number of phenolic OH excluding ortho intramolecular Hbond substituents is 1. The van der Waals surface area contributed by atoms with E-state index in [0.29, 0.717) is 5.56 Å². The molecule has 8 heteroatoms. The fourth-order valence-electron chi connectivity index (χ4n) is 2.08. The van der Waals surface area contributed by atoms with Gasteiger partial charge in [0.1, 0.15) is 17.3 Å². The van der Waals surface area contributed by atoms with Crippen LogP contribution >= 0.6 is 11.6 Å². The zero-order valence-electron chi connectivity index (χ0n) is 12.1. The summed E-state index contributed by atoms with van der Waals surface area (Å²) in [7, 11) is 0. The van der Waals surface area contributed by atoms with E-state index in [-0.39, 0.29) is 33.1 Å². The molecule has 0 fully saturated rings. The van der Waals surface area contributed by atoms with Crippen molar-refractivity contribution in [2.45, 2.75) is 0 Å². The molecular formula is C16H10ClFN4O2. The molecule has 120 valence electrons. The first-order chi connectivity index (χ1) is 11.5. The first-order valence-corrected chi connectivity index (χ1v) is 7.12. The molecule has 0 aliphatic rings. The Labute approximate surface area is 140 Å². The lowest BCUT2D eigenvalue weighted by Crippen LogP contribution is -2.14. The van der Waals surface area contributed by atoms with Gasteiger partial charge in [-0.1, -0.05) is 11.6 Å². The Kier molecular flexibility index (Phi) is 4.09. The molecule has 1 heterocycles. The Morgan fingerprint density at radius 3 is 2.62 bits per heavy atom. The number of hydrogen-bond acceptors (Lipinski definition) is 5. The number of aromatic nitrogens is 2. The highest BCUT2D eigenvalue weighted by Crippen LogP contribution is 2.30. The maximum atomic E-state index is 13.8. The minimum absolute atomic E-state index is 0.0936. The fraction of sp³-hybridized carbons (Fsp3) is 0. The molecule has 3 aromatic rings. The van der Waals surface area contributed by atoms with Crippen LogP contribution in [0.5, 0.6) is 5.75 Å². The summed E-state index contributed by atoms with van der Waals surface area (Å²) in [5.41, 5.74) is 6.14. The molecule has 1 amide bonds. The van der Waals surface area contributed by atoms with Gasteiger partial charge in [-0.05, 0) is 42.0 Å². The number of nitrogens with zero attached hydrogens (tertiary/aromatic N) is 3. The van der Waals surface area contributed by atoms with Gasteiger partial charge in [-0.3, -0.25) is 9.79 Å². The van der Waals surface area contributed by atoms with E-state index in [0.717, 1.165) is 6.07 Å². The number of phenols is 1. The second-order valence-corrected chi connectivity index (χ2v) is 5.30. The first kappa shape index (κ1) is 15.8. The molecule has 0 atom stereocenters. The maximum Gasteiger partial charge on any atom is 0.271 e. The van der Waals surface area contributed by atoms with E-state index in [1.807, 2.05) is 0 Å². The molecule has 0 saturated carbocycles. The SMILES string of the molecule is NC(=O)c1nnc2cc(Cl)c(F)cc2c1N=Cc1ccc(O)cc1. The summed E-state index contributed by atoms with van der Waals surface area (Å²) in [6, 6.07) is 8.64. The predicted octanol–water partition coefficient (Wildman–Crippen LogP) is 2.98. The van der Waals surface area contributed by atoms with Crippen molar-refractivity contribution in [1.29, 1.82) is 0 Å². The number of primary amides is 1. The second-order valence-electron chi connectivity index (χ2n) is 4.89. The van der Waals surface area contributed by atoms with Gasteiger partial charge < -0.3 is 10.8 Å². The number of amides is 1. The molecule has 6 nitrogen and oxygen atoms in total. The van der Waals surface area contributed by atoms with Crippen molar-refractivity contribution in [2.75, 3.05) is 0 Å². The molecule has 0 radical (unpaired) electrons. The number of fused-ring (bicyclic) bond motifs is 1. The smallest absolute Gasteiger partial charge is 0.271 e. The first-order valence-electron chi connectivity index (χ1n) is 6.74. The molecule has 1 aromatic heterocycles. The van der Waals surface area contributed by atoms with Crippen LogP contribution in [-0.4, -0.2) is 27.4 Å². The minimum Gasteiger partial charge on any atom is -0.508 e. The number of nitrogens with two attached hydrogens (primary N) is 1. The third-order valence-electron chi connectivity index (χ3n) is 3.24. The number of carbonyl (C=O) groups is 1. The molecular weight excluding hydrogens is 335 g/mol. The molecule has 0 spiro atoms. The molecule has 3 N–H and O–H groups in total. The van der Waals surface area contributed by atoms with E-state index in [2.05, 4.69) is 15.2 Å². The maximum absolute atomic E-state index is 13.8. The molecule has 2 aromatic carbocycles. The molecule has 0 bridgehead atoms. The Morgan fingerprint density at radius 2 is 1.96 bits per heavy atom. The van der Waals surface area contributed by atoms with Gasteiger partial charge in [-0.2, -0.15) is 0 Å². The van der Waals surface area contributed by atoms with Gasteiger partial charge >= 0.3 is 0 Å². The zero-order chi connectivity index (χ0) is 17.3. The fourth-order valence-corrected chi connectivity index (χ4v) is 2.24. The zero-order valence-corrected chi connectivity index (χ0v) is 12.8. The summed E-state index contributed by atoms with van der Waals surface area (Å²) in [4.78, 5) is 15.8.